The van der Waals surface area contributed by atoms with Gasteiger partial charge in [0.25, 0.3) is 5.91 Å². The van der Waals surface area contributed by atoms with Crippen molar-refractivity contribution < 1.29 is 27.9 Å². The molecule has 4 rings (SSSR count). The molecule has 7 nitrogen and oxygen atoms in total. The molecular formula is C24H23ClF3N3O4. The fourth-order valence-corrected chi connectivity index (χ4v) is 4.02. The van der Waals surface area contributed by atoms with Gasteiger partial charge in [0, 0.05) is 47.8 Å². The van der Waals surface area contributed by atoms with Crippen LogP contribution in [0.4, 0.5) is 13.2 Å². The second-order valence-electron chi connectivity index (χ2n) is 8.13. The number of nitrogens with zero attached hydrogens (tertiary/aromatic N) is 2. The number of aromatic amines is 1. The lowest BCUT2D eigenvalue weighted by atomic mass is 10.0. The summed E-state index contributed by atoms with van der Waals surface area (Å²) in [6.45, 7) is 2.16. The first-order chi connectivity index (χ1) is 16.5. The molecule has 11 heteroatoms. The number of hydrogen-bond donors (Lipinski definition) is 2. The van der Waals surface area contributed by atoms with Crippen molar-refractivity contribution in [3.63, 3.8) is 0 Å². The number of rotatable bonds is 3. The van der Waals surface area contributed by atoms with E-state index in [2.05, 4.69) is 29.1 Å². The number of aromatic nitrogens is 1. The molecule has 186 valence electrons. The quantitative estimate of drug-likeness (QED) is 0.560. The van der Waals surface area contributed by atoms with Crippen LogP contribution in [-0.4, -0.2) is 70.7 Å². The van der Waals surface area contributed by atoms with Gasteiger partial charge in [-0.1, -0.05) is 41.9 Å². The predicted octanol–water partition coefficient (Wildman–Crippen LogP) is 3.81. The van der Waals surface area contributed by atoms with Crippen LogP contribution in [0.3, 0.4) is 0 Å². The van der Waals surface area contributed by atoms with E-state index in [1.54, 1.807) is 18.2 Å². The lowest BCUT2D eigenvalue weighted by Crippen LogP contribution is -2.55. The molecule has 1 aromatic heterocycles. The highest BCUT2D eigenvalue weighted by atomic mass is 35.5. The van der Waals surface area contributed by atoms with Crippen molar-refractivity contribution in [2.45, 2.75) is 18.6 Å². The Labute approximate surface area is 203 Å². The molecule has 1 unspecified atom stereocenters. The lowest BCUT2D eigenvalue weighted by Gasteiger charge is -2.40. The Hall–Kier alpha value is -3.37. The number of carbonyl (C=O) groups excluding carboxylic acids is 1. The third-order valence-corrected chi connectivity index (χ3v) is 5.81. The topological polar surface area (TPSA) is 93.7 Å². The van der Waals surface area contributed by atoms with Gasteiger partial charge in [-0.05, 0) is 37.2 Å². The molecule has 3 aromatic rings. The fraction of sp³-hybridized carbons (Fsp3) is 0.292. The van der Waals surface area contributed by atoms with E-state index in [0.29, 0.717) is 22.5 Å². The SMILES string of the molecule is CN1CCN(C(=O)c2c[nH]c3ccc(Cl)cc3c2=O)C(Cc2ccccc2)C1.O=C(O)C(F)(F)F. The largest absolute Gasteiger partial charge is 0.490 e. The molecule has 1 atom stereocenters. The number of carboxylic acid groups (broad SMARTS) is 1. The Bertz CT molecular complexity index is 1260. The zero-order chi connectivity index (χ0) is 25.8. The number of carbonyl (C=O) groups is 2. The van der Waals surface area contributed by atoms with Crippen molar-refractivity contribution >= 4 is 34.4 Å². The summed E-state index contributed by atoms with van der Waals surface area (Å²) in [5, 5.41) is 8.04. The highest BCUT2D eigenvalue weighted by Crippen LogP contribution is 2.19. The minimum Gasteiger partial charge on any atom is -0.475 e. The van der Waals surface area contributed by atoms with Crippen molar-refractivity contribution in [2.75, 3.05) is 26.7 Å². The van der Waals surface area contributed by atoms with Crippen molar-refractivity contribution in [1.82, 2.24) is 14.8 Å². The first-order valence-corrected chi connectivity index (χ1v) is 11.0. The normalized spacial score (nSPS) is 16.5. The maximum absolute atomic E-state index is 13.3. The molecule has 0 bridgehead atoms. The van der Waals surface area contributed by atoms with Crippen LogP contribution in [0, 0.1) is 0 Å². The summed E-state index contributed by atoms with van der Waals surface area (Å²) in [5.41, 5.74) is 1.74. The molecule has 1 aliphatic heterocycles. The molecule has 0 aliphatic carbocycles. The summed E-state index contributed by atoms with van der Waals surface area (Å²) in [6, 6.07) is 15.2. The second kappa shape index (κ2) is 10.9. The number of likely N-dealkylation sites (N-methyl/N-ethyl adjacent to an activating group) is 1. The summed E-state index contributed by atoms with van der Waals surface area (Å²) in [6.07, 6.45) is -2.80. The van der Waals surface area contributed by atoms with Crippen molar-refractivity contribution in [2.24, 2.45) is 0 Å². The van der Waals surface area contributed by atoms with Gasteiger partial charge in [0.2, 0.25) is 5.43 Å². The summed E-state index contributed by atoms with van der Waals surface area (Å²) in [7, 11) is 2.06. The minimum absolute atomic E-state index is 0.0168. The minimum atomic E-state index is -5.08. The van der Waals surface area contributed by atoms with Gasteiger partial charge < -0.3 is 19.9 Å². The zero-order valence-corrected chi connectivity index (χ0v) is 19.4. The number of hydrogen-bond acceptors (Lipinski definition) is 4. The van der Waals surface area contributed by atoms with E-state index in [4.69, 9.17) is 21.5 Å². The van der Waals surface area contributed by atoms with Gasteiger partial charge in [-0.25, -0.2) is 4.79 Å². The third kappa shape index (κ3) is 6.61. The van der Waals surface area contributed by atoms with Crippen LogP contribution in [0.2, 0.25) is 5.02 Å². The summed E-state index contributed by atoms with van der Waals surface area (Å²) in [4.78, 5) is 42.3. The number of carboxylic acids is 1. The first-order valence-electron chi connectivity index (χ1n) is 10.6. The van der Waals surface area contributed by atoms with Crippen LogP contribution in [-0.2, 0) is 11.2 Å². The van der Waals surface area contributed by atoms with Crippen molar-refractivity contribution in [1.29, 1.82) is 0 Å². The first kappa shape index (κ1) is 26.2. The molecule has 1 saturated heterocycles. The monoisotopic (exact) mass is 509 g/mol. The van der Waals surface area contributed by atoms with Crippen LogP contribution < -0.4 is 5.43 Å². The number of halogens is 4. The maximum Gasteiger partial charge on any atom is 0.490 e. The van der Waals surface area contributed by atoms with E-state index in [1.165, 1.54) is 11.8 Å². The molecule has 35 heavy (non-hydrogen) atoms. The van der Waals surface area contributed by atoms with Gasteiger partial charge in [-0.15, -0.1) is 0 Å². The van der Waals surface area contributed by atoms with E-state index in [0.717, 1.165) is 19.5 Å². The van der Waals surface area contributed by atoms with Gasteiger partial charge in [0.1, 0.15) is 5.56 Å². The third-order valence-electron chi connectivity index (χ3n) is 5.58. The fourth-order valence-electron chi connectivity index (χ4n) is 3.84. The number of amides is 1. The number of pyridine rings is 1. The van der Waals surface area contributed by atoms with Gasteiger partial charge >= 0.3 is 12.1 Å². The maximum atomic E-state index is 13.3. The molecule has 2 heterocycles. The molecule has 1 amide bonds. The standard InChI is InChI=1S/C22H22ClN3O2.C2HF3O2/c1-25-9-10-26(17(14-25)11-15-5-3-2-4-6-15)22(28)19-13-24-20-8-7-16(23)12-18(20)21(19)27;3-2(4,5)1(6)7/h2-8,12-13,17H,9-11,14H2,1H3,(H,24,27);(H,6,7). The smallest absolute Gasteiger partial charge is 0.475 e. The Morgan fingerprint density at radius 2 is 1.80 bits per heavy atom. The number of piperazine rings is 1. The van der Waals surface area contributed by atoms with Gasteiger partial charge in [0.15, 0.2) is 0 Å². The van der Waals surface area contributed by atoms with E-state index >= 15 is 0 Å². The number of aliphatic carboxylic acids is 1. The Kier molecular flexibility index (Phi) is 8.18. The van der Waals surface area contributed by atoms with Crippen LogP contribution in [0.15, 0.2) is 59.5 Å². The van der Waals surface area contributed by atoms with Gasteiger partial charge in [-0.2, -0.15) is 13.2 Å². The van der Waals surface area contributed by atoms with Crippen LogP contribution in [0.25, 0.3) is 10.9 Å². The number of nitrogens with one attached hydrogen (secondary N) is 1. The average Bonchev–Trinajstić information content (AvgIpc) is 2.80. The number of H-pyrrole nitrogens is 1. The summed E-state index contributed by atoms with van der Waals surface area (Å²) >= 11 is 6.05. The lowest BCUT2D eigenvalue weighted by molar-refractivity contribution is -0.192. The summed E-state index contributed by atoms with van der Waals surface area (Å²) in [5.74, 6) is -2.98. The van der Waals surface area contributed by atoms with E-state index in [-0.39, 0.29) is 22.9 Å². The summed E-state index contributed by atoms with van der Waals surface area (Å²) < 4.78 is 31.7. The Morgan fingerprint density at radius 3 is 2.43 bits per heavy atom. The van der Waals surface area contributed by atoms with Crippen LogP contribution in [0.5, 0.6) is 0 Å². The molecule has 1 fully saturated rings. The number of alkyl halides is 3. The van der Waals surface area contributed by atoms with E-state index in [1.807, 2.05) is 23.1 Å². The molecule has 0 radical (unpaired) electrons. The Balaban J connectivity index is 0.000000429. The molecular weight excluding hydrogens is 487 g/mol. The van der Waals surface area contributed by atoms with Crippen molar-refractivity contribution in [3.8, 4) is 0 Å². The molecule has 1 aliphatic rings. The number of benzene rings is 2. The molecule has 2 aromatic carbocycles. The van der Waals surface area contributed by atoms with E-state index in [9.17, 15) is 22.8 Å². The van der Waals surface area contributed by atoms with Gasteiger partial charge in [0.05, 0.1) is 0 Å². The highest BCUT2D eigenvalue weighted by molar-refractivity contribution is 6.31. The van der Waals surface area contributed by atoms with Crippen molar-refractivity contribution in [3.05, 3.63) is 81.1 Å². The average molecular weight is 510 g/mol. The predicted molar refractivity (Wildman–Crippen MR) is 126 cm³/mol. The van der Waals surface area contributed by atoms with Crippen LogP contribution >= 0.6 is 11.6 Å². The molecule has 0 saturated carbocycles. The van der Waals surface area contributed by atoms with Gasteiger partial charge in [-0.3, -0.25) is 9.59 Å². The van der Waals surface area contributed by atoms with E-state index < -0.39 is 12.1 Å². The molecule has 2 N–H and O–H groups in total. The second-order valence-corrected chi connectivity index (χ2v) is 8.57. The van der Waals surface area contributed by atoms with Crippen LogP contribution in [0.1, 0.15) is 15.9 Å². The Morgan fingerprint density at radius 1 is 1.14 bits per heavy atom. The zero-order valence-electron chi connectivity index (χ0n) is 18.7. The number of fused-ring (bicyclic) bond motifs is 1. The highest BCUT2D eigenvalue weighted by Gasteiger charge is 2.38. The molecule has 0 spiro atoms.